The summed E-state index contributed by atoms with van der Waals surface area (Å²) in [4.78, 5) is 13.6. The number of amides is 1. The summed E-state index contributed by atoms with van der Waals surface area (Å²) in [5.74, 6) is 0.692. The predicted molar refractivity (Wildman–Crippen MR) is 70.4 cm³/mol. The summed E-state index contributed by atoms with van der Waals surface area (Å²) in [6.07, 6.45) is 3.70. The zero-order chi connectivity index (χ0) is 11.8. The van der Waals surface area contributed by atoms with Gasteiger partial charge in [0.15, 0.2) is 0 Å². The topological polar surface area (TPSA) is 20.3 Å². The predicted octanol–water partition coefficient (Wildman–Crippen LogP) is 2.56. The quantitative estimate of drug-likeness (QED) is 0.706. The lowest BCUT2D eigenvalue weighted by atomic mass is 10.2. The lowest BCUT2D eigenvalue weighted by Crippen LogP contribution is -2.32. The Bertz CT molecular complexity index is 337. The Morgan fingerprint density at radius 2 is 2.12 bits per heavy atom. The molecule has 0 atom stereocenters. The standard InChI is InChI=1S/C13H17NOS/c1-3-9-14(13(15)11-16-2)10-12-7-5-4-6-8-12/h3-8H,1,9-11H2,2H3. The Morgan fingerprint density at radius 3 is 2.69 bits per heavy atom. The molecule has 0 saturated carbocycles. The van der Waals surface area contributed by atoms with E-state index in [1.165, 1.54) is 0 Å². The highest BCUT2D eigenvalue weighted by molar-refractivity contribution is 7.99. The van der Waals surface area contributed by atoms with Crippen molar-refractivity contribution in [1.82, 2.24) is 4.90 Å². The fraction of sp³-hybridized carbons (Fsp3) is 0.308. The van der Waals surface area contributed by atoms with Crippen molar-refractivity contribution in [3.63, 3.8) is 0 Å². The summed E-state index contributed by atoms with van der Waals surface area (Å²) < 4.78 is 0. The maximum atomic E-state index is 11.8. The summed E-state index contributed by atoms with van der Waals surface area (Å²) in [5, 5.41) is 0. The van der Waals surface area contributed by atoms with Gasteiger partial charge in [-0.25, -0.2) is 0 Å². The van der Waals surface area contributed by atoms with Gasteiger partial charge in [-0.3, -0.25) is 4.79 Å². The van der Waals surface area contributed by atoms with Crippen molar-refractivity contribution >= 4 is 17.7 Å². The van der Waals surface area contributed by atoms with Crippen molar-refractivity contribution in [2.24, 2.45) is 0 Å². The first-order valence-electron chi connectivity index (χ1n) is 5.19. The van der Waals surface area contributed by atoms with E-state index in [2.05, 4.69) is 6.58 Å². The third-order valence-corrected chi connectivity index (χ3v) is 2.72. The van der Waals surface area contributed by atoms with Crippen LogP contribution in [-0.4, -0.2) is 29.4 Å². The second kappa shape index (κ2) is 7.12. The Balaban J connectivity index is 2.64. The van der Waals surface area contributed by atoms with Gasteiger partial charge in [0.05, 0.1) is 5.75 Å². The van der Waals surface area contributed by atoms with Crippen LogP contribution >= 0.6 is 11.8 Å². The van der Waals surface area contributed by atoms with Crippen molar-refractivity contribution in [1.29, 1.82) is 0 Å². The average molecular weight is 235 g/mol. The second-order valence-electron chi connectivity index (χ2n) is 3.48. The fourth-order valence-corrected chi connectivity index (χ4v) is 1.86. The molecular formula is C13H17NOS. The van der Waals surface area contributed by atoms with Gasteiger partial charge in [0.25, 0.3) is 0 Å². The molecule has 1 rings (SSSR count). The highest BCUT2D eigenvalue weighted by Crippen LogP contribution is 2.06. The summed E-state index contributed by atoms with van der Waals surface area (Å²) in [5.41, 5.74) is 1.15. The fourth-order valence-electron chi connectivity index (χ4n) is 1.43. The molecule has 16 heavy (non-hydrogen) atoms. The first-order valence-corrected chi connectivity index (χ1v) is 6.59. The lowest BCUT2D eigenvalue weighted by Gasteiger charge is -2.20. The van der Waals surface area contributed by atoms with Gasteiger partial charge in [0.1, 0.15) is 0 Å². The smallest absolute Gasteiger partial charge is 0.233 e. The van der Waals surface area contributed by atoms with Gasteiger partial charge >= 0.3 is 0 Å². The SMILES string of the molecule is C=CCN(Cc1ccccc1)C(=O)CSC. The minimum atomic E-state index is 0.163. The van der Waals surface area contributed by atoms with Crippen LogP contribution in [0.25, 0.3) is 0 Å². The van der Waals surface area contributed by atoms with Crippen molar-refractivity contribution in [2.45, 2.75) is 6.54 Å². The van der Waals surface area contributed by atoms with Crippen LogP contribution in [-0.2, 0) is 11.3 Å². The molecular weight excluding hydrogens is 218 g/mol. The highest BCUT2D eigenvalue weighted by atomic mass is 32.2. The summed E-state index contributed by atoms with van der Waals surface area (Å²) in [6, 6.07) is 10.0. The summed E-state index contributed by atoms with van der Waals surface area (Å²) >= 11 is 1.55. The molecule has 0 N–H and O–H groups in total. The molecule has 0 saturated heterocycles. The van der Waals surface area contributed by atoms with Gasteiger partial charge in [0, 0.05) is 13.1 Å². The highest BCUT2D eigenvalue weighted by Gasteiger charge is 2.11. The summed E-state index contributed by atoms with van der Waals surface area (Å²) in [6.45, 7) is 4.95. The number of hydrogen-bond acceptors (Lipinski definition) is 2. The Labute approximate surface area is 101 Å². The number of nitrogens with zero attached hydrogens (tertiary/aromatic N) is 1. The molecule has 0 aliphatic carbocycles. The molecule has 0 aromatic heterocycles. The monoisotopic (exact) mass is 235 g/mol. The second-order valence-corrected chi connectivity index (χ2v) is 4.35. The molecule has 0 aliphatic heterocycles. The Kier molecular flexibility index (Phi) is 5.72. The van der Waals surface area contributed by atoms with Crippen LogP contribution < -0.4 is 0 Å². The maximum Gasteiger partial charge on any atom is 0.233 e. The summed E-state index contributed by atoms with van der Waals surface area (Å²) in [7, 11) is 0. The van der Waals surface area contributed by atoms with Gasteiger partial charge in [-0.05, 0) is 11.8 Å². The van der Waals surface area contributed by atoms with Gasteiger partial charge in [-0.15, -0.1) is 6.58 Å². The van der Waals surface area contributed by atoms with Gasteiger partial charge in [-0.2, -0.15) is 11.8 Å². The molecule has 86 valence electrons. The van der Waals surface area contributed by atoms with E-state index in [-0.39, 0.29) is 5.91 Å². The van der Waals surface area contributed by atoms with Crippen LogP contribution in [0.5, 0.6) is 0 Å². The van der Waals surface area contributed by atoms with E-state index in [4.69, 9.17) is 0 Å². The molecule has 1 amide bonds. The molecule has 0 heterocycles. The van der Waals surface area contributed by atoms with Gasteiger partial charge in [0.2, 0.25) is 5.91 Å². The maximum absolute atomic E-state index is 11.8. The van der Waals surface area contributed by atoms with E-state index >= 15 is 0 Å². The van der Waals surface area contributed by atoms with Crippen LogP contribution in [0.15, 0.2) is 43.0 Å². The number of rotatable bonds is 6. The van der Waals surface area contributed by atoms with Crippen molar-refractivity contribution in [2.75, 3.05) is 18.6 Å². The zero-order valence-corrected chi connectivity index (χ0v) is 10.4. The van der Waals surface area contributed by atoms with Crippen LogP contribution in [0.2, 0.25) is 0 Å². The molecule has 0 spiro atoms. The van der Waals surface area contributed by atoms with Crippen LogP contribution in [0.4, 0.5) is 0 Å². The zero-order valence-electron chi connectivity index (χ0n) is 9.56. The molecule has 0 fully saturated rings. The van der Waals surface area contributed by atoms with Crippen LogP contribution in [0.3, 0.4) is 0 Å². The van der Waals surface area contributed by atoms with Gasteiger partial charge < -0.3 is 4.90 Å². The molecule has 0 radical (unpaired) electrons. The number of hydrogen-bond donors (Lipinski definition) is 0. The number of carbonyl (C=O) groups is 1. The number of thioether (sulfide) groups is 1. The van der Waals surface area contributed by atoms with E-state index in [1.807, 2.05) is 41.5 Å². The molecule has 3 heteroatoms. The molecule has 1 aromatic carbocycles. The first kappa shape index (κ1) is 12.8. The molecule has 0 aliphatic rings. The Hall–Kier alpha value is -1.22. The van der Waals surface area contributed by atoms with Crippen molar-refractivity contribution < 1.29 is 4.79 Å². The lowest BCUT2D eigenvalue weighted by molar-refractivity contribution is -0.128. The van der Waals surface area contributed by atoms with Gasteiger partial charge in [-0.1, -0.05) is 36.4 Å². The van der Waals surface area contributed by atoms with Crippen molar-refractivity contribution in [3.8, 4) is 0 Å². The molecule has 1 aromatic rings. The van der Waals surface area contributed by atoms with E-state index in [9.17, 15) is 4.79 Å². The van der Waals surface area contributed by atoms with E-state index < -0.39 is 0 Å². The van der Waals surface area contributed by atoms with Crippen LogP contribution in [0.1, 0.15) is 5.56 Å². The average Bonchev–Trinajstić information content (AvgIpc) is 2.30. The van der Waals surface area contributed by atoms with E-state index in [0.717, 1.165) is 5.56 Å². The normalized spacial score (nSPS) is 9.81. The van der Waals surface area contributed by atoms with Crippen LogP contribution in [0, 0.1) is 0 Å². The van der Waals surface area contributed by atoms with E-state index in [1.54, 1.807) is 17.8 Å². The number of benzene rings is 1. The molecule has 2 nitrogen and oxygen atoms in total. The third kappa shape index (κ3) is 4.11. The first-order chi connectivity index (χ1) is 7.77. The van der Waals surface area contributed by atoms with E-state index in [0.29, 0.717) is 18.8 Å². The largest absolute Gasteiger partial charge is 0.334 e. The molecule has 0 bridgehead atoms. The van der Waals surface area contributed by atoms with Crippen molar-refractivity contribution in [3.05, 3.63) is 48.6 Å². The minimum absolute atomic E-state index is 0.163. The molecule has 0 unspecified atom stereocenters. The third-order valence-electron chi connectivity index (χ3n) is 2.19. The minimum Gasteiger partial charge on any atom is -0.334 e. The Morgan fingerprint density at radius 1 is 1.44 bits per heavy atom. The number of carbonyl (C=O) groups excluding carboxylic acids is 1.